The van der Waals surface area contributed by atoms with Crippen molar-refractivity contribution < 1.29 is 4.74 Å². The number of aromatic nitrogens is 2. The van der Waals surface area contributed by atoms with E-state index in [0.717, 1.165) is 0 Å². The predicted octanol–water partition coefficient (Wildman–Crippen LogP) is 2.75. The Hall–Kier alpha value is -2.32. The third kappa shape index (κ3) is 2.50. The molecule has 0 saturated carbocycles. The van der Waals surface area contributed by atoms with Crippen molar-refractivity contribution in [1.82, 2.24) is 9.97 Å². The van der Waals surface area contributed by atoms with E-state index in [2.05, 4.69) is 21.4 Å². The van der Waals surface area contributed by atoms with E-state index >= 15 is 0 Å². The summed E-state index contributed by atoms with van der Waals surface area (Å²) in [4.78, 5) is 7.78. The van der Waals surface area contributed by atoms with Gasteiger partial charge in [0.1, 0.15) is 23.3 Å². The van der Waals surface area contributed by atoms with E-state index in [1.165, 1.54) is 13.3 Å². The smallest absolute Gasteiger partial charge is 0.224 e. The predicted molar refractivity (Wildman–Crippen MR) is 68.0 cm³/mol. The van der Waals surface area contributed by atoms with Crippen LogP contribution >= 0.6 is 11.6 Å². The summed E-state index contributed by atoms with van der Waals surface area (Å²) in [6, 6.07) is 8.93. The second-order valence-electron chi connectivity index (χ2n) is 3.33. The topological polar surface area (TPSA) is 70.8 Å². The first-order valence-corrected chi connectivity index (χ1v) is 5.45. The van der Waals surface area contributed by atoms with Gasteiger partial charge in [-0.3, -0.25) is 0 Å². The molecule has 1 heterocycles. The molecular weight excluding hydrogens is 252 g/mol. The summed E-state index contributed by atoms with van der Waals surface area (Å²) in [7, 11) is 1.54. The highest BCUT2D eigenvalue weighted by molar-refractivity contribution is 6.28. The fraction of sp³-hybridized carbons (Fsp3) is 0.0833. The maximum Gasteiger partial charge on any atom is 0.224 e. The molecule has 0 saturated heterocycles. The molecule has 1 aromatic heterocycles. The largest absolute Gasteiger partial charge is 0.495 e. The number of para-hydroxylation sites is 1. The molecule has 1 aromatic carbocycles. The standard InChI is InChI=1S/C12H9ClN4O/c1-18-9-4-2-3-8(7-14)11(9)16-10-5-6-15-12(13)17-10/h2-6H,1H3,(H,15,16,17). The van der Waals surface area contributed by atoms with Gasteiger partial charge in [0, 0.05) is 6.20 Å². The minimum Gasteiger partial charge on any atom is -0.495 e. The van der Waals surface area contributed by atoms with E-state index in [1.807, 2.05) is 0 Å². The van der Waals surface area contributed by atoms with E-state index in [4.69, 9.17) is 21.6 Å². The zero-order valence-electron chi connectivity index (χ0n) is 9.51. The molecular formula is C12H9ClN4O. The molecule has 0 fully saturated rings. The molecule has 1 N–H and O–H groups in total. The van der Waals surface area contributed by atoms with Crippen molar-refractivity contribution in [2.24, 2.45) is 0 Å². The van der Waals surface area contributed by atoms with Crippen LogP contribution in [0.2, 0.25) is 5.28 Å². The molecule has 90 valence electrons. The zero-order valence-corrected chi connectivity index (χ0v) is 10.3. The van der Waals surface area contributed by atoms with Crippen LogP contribution in [0.25, 0.3) is 0 Å². The lowest BCUT2D eigenvalue weighted by Crippen LogP contribution is -1.99. The maximum atomic E-state index is 9.07. The van der Waals surface area contributed by atoms with Crippen molar-refractivity contribution in [3.63, 3.8) is 0 Å². The van der Waals surface area contributed by atoms with Gasteiger partial charge in [0.05, 0.1) is 12.7 Å². The molecule has 2 rings (SSSR count). The van der Waals surface area contributed by atoms with Crippen LogP contribution in [0.15, 0.2) is 30.5 Å². The minimum absolute atomic E-state index is 0.133. The molecule has 5 nitrogen and oxygen atoms in total. The Morgan fingerprint density at radius 1 is 1.39 bits per heavy atom. The Morgan fingerprint density at radius 3 is 2.89 bits per heavy atom. The Labute approximate surface area is 109 Å². The van der Waals surface area contributed by atoms with E-state index in [9.17, 15) is 0 Å². The second-order valence-corrected chi connectivity index (χ2v) is 3.67. The number of ether oxygens (including phenoxy) is 1. The molecule has 0 aliphatic carbocycles. The third-order valence-electron chi connectivity index (χ3n) is 2.25. The van der Waals surface area contributed by atoms with Crippen molar-refractivity contribution in [3.05, 3.63) is 41.3 Å². The van der Waals surface area contributed by atoms with Crippen LogP contribution in [-0.4, -0.2) is 17.1 Å². The van der Waals surface area contributed by atoms with Crippen LogP contribution in [0.5, 0.6) is 5.75 Å². The molecule has 0 radical (unpaired) electrons. The number of hydrogen-bond donors (Lipinski definition) is 1. The van der Waals surface area contributed by atoms with E-state index in [-0.39, 0.29) is 5.28 Å². The summed E-state index contributed by atoms with van der Waals surface area (Å²) < 4.78 is 5.20. The highest BCUT2D eigenvalue weighted by Crippen LogP contribution is 2.30. The molecule has 18 heavy (non-hydrogen) atoms. The van der Waals surface area contributed by atoms with E-state index in [0.29, 0.717) is 22.8 Å². The second kappa shape index (κ2) is 5.34. The van der Waals surface area contributed by atoms with Crippen molar-refractivity contribution in [1.29, 1.82) is 5.26 Å². The number of benzene rings is 1. The van der Waals surface area contributed by atoms with Gasteiger partial charge < -0.3 is 10.1 Å². The minimum atomic E-state index is 0.133. The molecule has 0 aliphatic rings. The van der Waals surface area contributed by atoms with Gasteiger partial charge in [0.2, 0.25) is 5.28 Å². The Balaban J connectivity index is 2.42. The fourth-order valence-electron chi connectivity index (χ4n) is 1.46. The average Bonchev–Trinajstić information content (AvgIpc) is 2.39. The quantitative estimate of drug-likeness (QED) is 0.859. The number of rotatable bonds is 3. The summed E-state index contributed by atoms with van der Waals surface area (Å²) in [5.41, 5.74) is 1.02. The molecule has 0 aliphatic heterocycles. The van der Waals surface area contributed by atoms with Crippen LogP contribution in [0.4, 0.5) is 11.5 Å². The fourth-order valence-corrected chi connectivity index (χ4v) is 1.60. The summed E-state index contributed by atoms with van der Waals surface area (Å²) >= 11 is 5.70. The van der Waals surface area contributed by atoms with Gasteiger partial charge >= 0.3 is 0 Å². The van der Waals surface area contributed by atoms with Crippen molar-refractivity contribution in [2.45, 2.75) is 0 Å². The number of nitrogens with zero attached hydrogens (tertiary/aromatic N) is 3. The lowest BCUT2D eigenvalue weighted by atomic mass is 10.2. The third-order valence-corrected chi connectivity index (χ3v) is 2.43. The van der Waals surface area contributed by atoms with Crippen LogP contribution in [-0.2, 0) is 0 Å². The number of nitrogens with one attached hydrogen (secondary N) is 1. The first kappa shape index (κ1) is 12.1. The first-order chi connectivity index (χ1) is 8.74. The summed E-state index contributed by atoms with van der Waals surface area (Å²) in [5.74, 6) is 1.06. The molecule has 0 bridgehead atoms. The highest BCUT2D eigenvalue weighted by atomic mass is 35.5. The van der Waals surface area contributed by atoms with Crippen LogP contribution in [0.3, 0.4) is 0 Å². The number of halogens is 1. The van der Waals surface area contributed by atoms with Crippen LogP contribution in [0.1, 0.15) is 5.56 Å². The van der Waals surface area contributed by atoms with Crippen molar-refractivity contribution in [2.75, 3.05) is 12.4 Å². The zero-order chi connectivity index (χ0) is 13.0. The Kier molecular flexibility index (Phi) is 3.60. The number of hydrogen-bond acceptors (Lipinski definition) is 5. The molecule has 0 spiro atoms. The number of anilines is 2. The van der Waals surface area contributed by atoms with E-state index < -0.39 is 0 Å². The molecule has 0 unspecified atom stereocenters. The summed E-state index contributed by atoms with van der Waals surface area (Å²) in [5, 5.41) is 12.2. The van der Waals surface area contributed by atoms with Gasteiger partial charge in [-0.2, -0.15) is 5.26 Å². The van der Waals surface area contributed by atoms with Crippen LogP contribution < -0.4 is 10.1 Å². The lowest BCUT2D eigenvalue weighted by molar-refractivity contribution is 0.416. The summed E-state index contributed by atoms with van der Waals surface area (Å²) in [6.07, 6.45) is 1.53. The Bertz CT molecular complexity index is 609. The van der Waals surface area contributed by atoms with Gasteiger partial charge in [-0.05, 0) is 29.8 Å². The Morgan fingerprint density at radius 2 is 2.22 bits per heavy atom. The molecule has 2 aromatic rings. The van der Waals surface area contributed by atoms with Gasteiger partial charge in [0.15, 0.2) is 0 Å². The van der Waals surface area contributed by atoms with Gasteiger partial charge in [-0.15, -0.1) is 0 Å². The summed E-state index contributed by atoms with van der Waals surface area (Å²) in [6.45, 7) is 0. The van der Waals surface area contributed by atoms with Crippen molar-refractivity contribution >= 4 is 23.1 Å². The lowest BCUT2D eigenvalue weighted by Gasteiger charge is -2.11. The van der Waals surface area contributed by atoms with Gasteiger partial charge in [0.25, 0.3) is 0 Å². The number of methoxy groups -OCH3 is 1. The van der Waals surface area contributed by atoms with Crippen LogP contribution in [0, 0.1) is 11.3 Å². The normalized spacial score (nSPS) is 9.61. The SMILES string of the molecule is COc1cccc(C#N)c1Nc1ccnc(Cl)n1. The average molecular weight is 261 g/mol. The molecule has 6 heteroatoms. The van der Waals surface area contributed by atoms with Gasteiger partial charge in [-0.25, -0.2) is 9.97 Å². The van der Waals surface area contributed by atoms with E-state index in [1.54, 1.807) is 24.3 Å². The van der Waals surface area contributed by atoms with Gasteiger partial charge in [-0.1, -0.05) is 6.07 Å². The molecule has 0 atom stereocenters. The van der Waals surface area contributed by atoms with Crippen molar-refractivity contribution in [3.8, 4) is 11.8 Å². The monoisotopic (exact) mass is 260 g/mol. The molecule has 0 amide bonds. The number of nitriles is 1. The highest BCUT2D eigenvalue weighted by Gasteiger charge is 2.09. The first-order valence-electron chi connectivity index (χ1n) is 5.07. The maximum absolute atomic E-state index is 9.07.